The van der Waals surface area contributed by atoms with Crippen molar-refractivity contribution < 1.29 is 4.79 Å². The molecule has 0 aromatic carbocycles. The maximum Gasteiger partial charge on any atom is 0.219 e. The Kier molecular flexibility index (Phi) is 6.30. The number of allylic oxidation sites excluding steroid dienone is 1. The van der Waals surface area contributed by atoms with Crippen molar-refractivity contribution in [2.75, 3.05) is 25.0 Å². The number of aromatic nitrogens is 1. The minimum Gasteiger partial charge on any atom is -0.404 e. The molecule has 1 atom stereocenters. The standard InChI is InChI=1S/C20H29N7O/c1-13(28)27-7-6-19(24-10-14-2-3-14)17(12-27)20(23)26-16-4-5-18(25-11-16)15(8-21)9-22/h4-5,8-9,11,14,20-21,24,26H,2-3,6-7,10,12,22-23H2,1H3/b15-9+,21-8?. The van der Waals surface area contributed by atoms with Gasteiger partial charge in [-0.2, -0.15) is 0 Å². The maximum atomic E-state index is 11.8. The van der Waals surface area contributed by atoms with Crippen molar-refractivity contribution >= 4 is 23.4 Å². The first-order valence-electron chi connectivity index (χ1n) is 9.64. The Morgan fingerprint density at radius 2 is 2.25 bits per heavy atom. The molecule has 2 aliphatic rings. The molecule has 8 nitrogen and oxygen atoms in total. The molecule has 2 heterocycles. The van der Waals surface area contributed by atoms with E-state index in [0.717, 1.165) is 35.8 Å². The fourth-order valence-corrected chi connectivity index (χ4v) is 3.26. The summed E-state index contributed by atoms with van der Waals surface area (Å²) < 4.78 is 0. The number of nitrogens with one attached hydrogen (secondary N) is 3. The second-order valence-corrected chi connectivity index (χ2v) is 7.34. The van der Waals surface area contributed by atoms with Crippen molar-refractivity contribution in [2.45, 2.75) is 32.4 Å². The van der Waals surface area contributed by atoms with Crippen LogP contribution in [0, 0.1) is 11.3 Å². The van der Waals surface area contributed by atoms with Crippen molar-refractivity contribution in [2.24, 2.45) is 17.4 Å². The molecule has 1 unspecified atom stereocenters. The topological polar surface area (TPSA) is 133 Å². The van der Waals surface area contributed by atoms with Gasteiger partial charge in [0.2, 0.25) is 5.91 Å². The summed E-state index contributed by atoms with van der Waals surface area (Å²) in [6, 6.07) is 3.65. The van der Waals surface area contributed by atoms with E-state index in [-0.39, 0.29) is 5.91 Å². The normalized spacial score (nSPS) is 18.6. The largest absolute Gasteiger partial charge is 0.404 e. The number of carbonyl (C=O) groups is 1. The number of nitrogens with two attached hydrogens (primary N) is 2. The molecule has 1 amide bonds. The highest BCUT2D eigenvalue weighted by Gasteiger charge is 2.27. The predicted molar refractivity (Wildman–Crippen MR) is 111 cm³/mol. The van der Waals surface area contributed by atoms with Gasteiger partial charge in [-0.15, -0.1) is 0 Å². The highest BCUT2D eigenvalue weighted by Crippen LogP contribution is 2.29. The Balaban J connectivity index is 1.73. The first-order valence-corrected chi connectivity index (χ1v) is 9.64. The SMILES string of the molecule is CC(=O)N1CCC(NCC2CC2)=C(C(N)Nc2ccc(/C(C=N)=C/N)nc2)C1. The van der Waals surface area contributed by atoms with E-state index in [9.17, 15) is 4.79 Å². The van der Waals surface area contributed by atoms with Crippen molar-refractivity contribution in [3.8, 4) is 0 Å². The van der Waals surface area contributed by atoms with Gasteiger partial charge in [0.1, 0.15) is 6.17 Å². The lowest BCUT2D eigenvalue weighted by Gasteiger charge is -2.33. The van der Waals surface area contributed by atoms with Crippen LogP contribution < -0.4 is 22.1 Å². The summed E-state index contributed by atoms with van der Waals surface area (Å²) in [6.07, 6.45) is 7.13. The van der Waals surface area contributed by atoms with Gasteiger partial charge in [-0.25, -0.2) is 0 Å². The third-order valence-corrected chi connectivity index (χ3v) is 5.22. The average molecular weight is 384 g/mol. The number of nitrogens with zero attached hydrogens (tertiary/aromatic N) is 2. The van der Waals surface area contributed by atoms with Crippen LogP contribution in [0.3, 0.4) is 0 Å². The quantitative estimate of drug-likeness (QED) is 0.339. The number of anilines is 1. The molecule has 1 fully saturated rings. The summed E-state index contributed by atoms with van der Waals surface area (Å²) in [6.45, 7) is 3.80. The molecule has 8 heteroatoms. The molecule has 1 aliphatic carbocycles. The molecular formula is C20H29N7O. The second kappa shape index (κ2) is 8.88. The number of hydrogen-bond acceptors (Lipinski definition) is 7. The number of carbonyl (C=O) groups excluding carboxylic acids is 1. The van der Waals surface area contributed by atoms with Crippen molar-refractivity contribution in [3.05, 3.63) is 41.5 Å². The summed E-state index contributed by atoms with van der Waals surface area (Å²) in [5.74, 6) is 0.823. The van der Waals surface area contributed by atoms with Crippen LogP contribution in [0.2, 0.25) is 0 Å². The summed E-state index contributed by atoms with van der Waals surface area (Å²) in [5.41, 5.74) is 16.1. The molecule has 7 N–H and O–H groups in total. The maximum absolute atomic E-state index is 11.8. The van der Waals surface area contributed by atoms with Crippen molar-refractivity contribution in [1.82, 2.24) is 15.2 Å². The third kappa shape index (κ3) is 4.89. The summed E-state index contributed by atoms with van der Waals surface area (Å²) in [5, 5.41) is 14.2. The second-order valence-electron chi connectivity index (χ2n) is 7.34. The van der Waals surface area contributed by atoms with Crippen molar-refractivity contribution in [1.29, 1.82) is 5.41 Å². The van der Waals surface area contributed by atoms with Crippen LogP contribution in [0.1, 0.15) is 31.9 Å². The molecule has 28 heavy (non-hydrogen) atoms. The molecule has 1 saturated carbocycles. The smallest absolute Gasteiger partial charge is 0.219 e. The zero-order valence-electron chi connectivity index (χ0n) is 16.2. The van der Waals surface area contributed by atoms with Crippen LogP contribution in [0.4, 0.5) is 5.69 Å². The molecular weight excluding hydrogens is 354 g/mol. The summed E-state index contributed by atoms with van der Waals surface area (Å²) >= 11 is 0. The van der Waals surface area contributed by atoms with Crippen LogP contribution in [0.25, 0.3) is 5.57 Å². The first kappa shape index (κ1) is 19.9. The van der Waals surface area contributed by atoms with Gasteiger partial charge in [0, 0.05) is 62.2 Å². The molecule has 1 aromatic rings. The van der Waals surface area contributed by atoms with E-state index >= 15 is 0 Å². The lowest BCUT2D eigenvalue weighted by atomic mass is 10.0. The number of amides is 1. The third-order valence-electron chi connectivity index (χ3n) is 5.22. The molecule has 0 radical (unpaired) electrons. The fraction of sp³-hybridized carbons (Fsp3) is 0.450. The first-order chi connectivity index (χ1) is 13.5. The highest BCUT2D eigenvalue weighted by atomic mass is 16.2. The Morgan fingerprint density at radius 1 is 1.46 bits per heavy atom. The molecule has 0 saturated heterocycles. The van der Waals surface area contributed by atoms with E-state index in [4.69, 9.17) is 16.9 Å². The van der Waals surface area contributed by atoms with E-state index in [0.29, 0.717) is 24.4 Å². The zero-order valence-corrected chi connectivity index (χ0v) is 16.2. The minimum atomic E-state index is -0.427. The Bertz CT molecular complexity index is 780. The van der Waals surface area contributed by atoms with Gasteiger partial charge in [0.15, 0.2) is 0 Å². The monoisotopic (exact) mass is 383 g/mol. The molecule has 150 valence electrons. The highest BCUT2D eigenvalue weighted by molar-refractivity contribution is 6.07. The predicted octanol–water partition coefficient (Wildman–Crippen LogP) is 1.23. The average Bonchev–Trinajstić information content (AvgIpc) is 3.53. The lowest BCUT2D eigenvalue weighted by molar-refractivity contribution is -0.128. The Morgan fingerprint density at radius 3 is 2.82 bits per heavy atom. The van der Waals surface area contributed by atoms with Gasteiger partial charge >= 0.3 is 0 Å². The van der Waals surface area contributed by atoms with E-state index in [2.05, 4.69) is 15.6 Å². The fourth-order valence-electron chi connectivity index (χ4n) is 3.26. The number of hydrogen-bond donors (Lipinski definition) is 5. The molecule has 1 aliphatic heterocycles. The van der Waals surface area contributed by atoms with Gasteiger partial charge in [-0.1, -0.05) is 0 Å². The van der Waals surface area contributed by atoms with E-state index < -0.39 is 6.17 Å². The van der Waals surface area contributed by atoms with Gasteiger partial charge in [-0.05, 0) is 30.9 Å². The van der Waals surface area contributed by atoms with Gasteiger partial charge < -0.3 is 32.4 Å². The summed E-state index contributed by atoms with van der Waals surface area (Å²) in [7, 11) is 0. The zero-order chi connectivity index (χ0) is 20.1. The van der Waals surface area contributed by atoms with Crippen LogP contribution in [0.15, 0.2) is 35.8 Å². The van der Waals surface area contributed by atoms with Gasteiger partial charge in [-0.3, -0.25) is 9.78 Å². The van der Waals surface area contributed by atoms with Crippen LogP contribution in [-0.4, -0.2) is 47.8 Å². The van der Waals surface area contributed by atoms with Crippen LogP contribution in [-0.2, 0) is 4.79 Å². The van der Waals surface area contributed by atoms with Crippen LogP contribution >= 0.6 is 0 Å². The van der Waals surface area contributed by atoms with Crippen molar-refractivity contribution in [3.63, 3.8) is 0 Å². The number of rotatable bonds is 8. The van der Waals surface area contributed by atoms with E-state index in [1.165, 1.54) is 25.3 Å². The lowest BCUT2D eigenvalue weighted by Crippen LogP contribution is -2.45. The van der Waals surface area contributed by atoms with Gasteiger partial charge in [0.05, 0.1) is 17.6 Å². The van der Waals surface area contributed by atoms with Crippen LogP contribution in [0.5, 0.6) is 0 Å². The number of pyridine rings is 1. The van der Waals surface area contributed by atoms with Gasteiger partial charge in [0.25, 0.3) is 0 Å². The van der Waals surface area contributed by atoms with E-state index in [1.54, 1.807) is 19.2 Å². The molecule has 1 aromatic heterocycles. The molecule has 0 bridgehead atoms. The molecule has 3 rings (SSSR count). The molecule has 0 spiro atoms. The summed E-state index contributed by atoms with van der Waals surface area (Å²) in [4.78, 5) is 18.0. The Hall–Kier alpha value is -2.87. The minimum absolute atomic E-state index is 0.0599. The van der Waals surface area contributed by atoms with E-state index in [1.807, 2.05) is 11.0 Å². The Labute approximate surface area is 165 Å².